The third kappa shape index (κ3) is 2.48. The first kappa shape index (κ1) is 11.7. The van der Waals surface area contributed by atoms with Gasteiger partial charge < -0.3 is 5.43 Å². The third-order valence-corrected chi connectivity index (χ3v) is 4.45. The van der Waals surface area contributed by atoms with Crippen LogP contribution < -0.4 is 11.3 Å². The molecule has 0 amide bonds. The van der Waals surface area contributed by atoms with E-state index in [2.05, 4.69) is 40.7 Å². The number of nitrogen functional groups attached to an aromatic ring is 1. The summed E-state index contributed by atoms with van der Waals surface area (Å²) in [6.45, 7) is 1.85. The number of hydrazine groups is 1. The third-order valence-electron chi connectivity index (χ3n) is 1.59. The SMILES string of the molecule is Cc1nsc(Sc2ncnc(NN)c2Br)n1. The van der Waals surface area contributed by atoms with E-state index in [-0.39, 0.29) is 0 Å². The molecule has 0 fully saturated rings. The molecule has 0 bridgehead atoms. The lowest BCUT2D eigenvalue weighted by Crippen LogP contribution is -2.09. The van der Waals surface area contributed by atoms with Crippen LogP contribution in [0.3, 0.4) is 0 Å². The molecule has 2 rings (SSSR count). The number of aromatic nitrogens is 4. The van der Waals surface area contributed by atoms with Crippen LogP contribution in [0.15, 0.2) is 20.2 Å². The maximum Gasteiger partial charge on any atom is 0.176 e. The smallest absolute Gasteiger partial charge is 0.176 e. The Labute approximate surface area is 108 Å². The minimum atomic E-state index is 0.540. The van der Waals surface area contributed by atoms with Crippen molar-refractivity contribution in [1.82, 2.24) is 19.3 Å². The van der Waals surface area contributed by atoms with Gasteiger partial charge in [-0.2, -0.15) is 4.37 Å². The Bertz CT molecular complexity index is 501. The molecular formula is C7H7BrN6S2. The fourth-order valence-corrected chi connectivity index (χ4v) is 3.04. The summed E-state index contributed by atoms with van der Waals surface area (Å²) in [7, 11) is 0. The standard InChI is InChI=1S/C7H7BrN6S2/c1-3-12-7(16-14-3)15-6-4(8)5(13-9)10-2-11-6/h2H,9H2,1H3,(H,10,11,13). The van der Waals surface area contributed by atoms with Crippen LogP contribution in [0.2, 0.25) is 0 Å². The summed E-state index contributed by atoms with van der Waals surface area (Å²) in [6.07, 6.45) is 1.44. The van der Waals surface area contributed by atoms with Gasteiger partial charge in [0.1, 0.15) is 17.2 Å². The predicted octanol–water partition coefficient (Wildman–Crippen LogP) is 1.84. The summed E-state index contributed by atoms with van der Waals surface area (Å²) in [4.78, 5) is 12.3. The molecule has 2 aromatic heterocycles. The molecule has 0 unspecified atom stereocenters. The zero-order valence-corrected chi connectivity index (χ0v) is 11.4. The number of halogens is 1. The summed E-state index contributed by atoms with van der Waals surface area (Å²) in [6, 6.07) is 0. The van der Waals surface area contributed by atoms with Gasteiger partial charge in [-0.25, -0.2) is 20.8 Å². The van der Waals surface area contributed by atoms with Crippen molar-refractivity contribution in [3.8, 4) is 0 Å². The van der Waals surface area contributed by atoms with Crippen molar-refractivity contribution in [2.45, 2.75) is 16.3 Å². The van der Waals surface area contributed by atoms with E-state index < -0.39 is 0 Å². The van der Waals surface area contributed by atoms with E-state index in [1.165, 1.54) is 29.6 Å². The molecule has 3 N–H and O–H groups in total. The van der Waals surface area contributed by atoms with Crippen molar-refractivity contribution in [3.05, 3.63) is 16.6 Å². The minimum absolute atomic E-state index is 0.540. The van der Waals surface area contributed by atoms with Crippen LogP contribution in [0, 0.1) is 6.92 Å². The van der Waals surface area contributed by atoms with Gasteiger partial charge in [-0.3, -0.25) is 0 Å². The lowest BCUT2D eigenvalue weighted by Gasteiger charge is -2.04. The van der Waals surface area contributed by atoms with Crippen LogP contribution in [0.1, 0.15) is 5.82 Å². The molecule has 0 radical (unpaired) electrons. The molecule has 0 aliphatic heterocycles. The minimum Gasteiger partial charge on any atom is -0.307 e. The van der Waals surface area contributed by atoms with Gasteiger partial charge in [-0.15, -0.1) is 0 Å². The van der Waals surface area contributed by atoms with E-state index in [0.717, 1.165) is 19.7 Å². The number of nitrogens with zero attached hydrogens (tertiary/aromatic N) is 4. The van der Waals surface area contributed by atoms with Gasteiger partial charge >= 0.3 is 0 Å². The van der Waals surface area contributed by atoms with Gasteiger partial charge in [-0.05, 0) is 46.1 Å². The average molecular weight is 319 g/mol. The second-order valence-corrected chi connectivity index (χ2v) is 5.48. The topological polar surface area (TPSA) is 89.6 Å². The Balaban J connectivity index is 2.28. The molecule has 0 saturated heterocycles. The van der Waals surface area contributed by atoms with Gasteiger partial charge in [0, 0.05) is 0 Å². The first-order valence-corrected chi connectivity index (χ1v) is 6.54. The highest BCUT2D eigenvalue weighted by Gasteiger charge is 2.11. The average Bonchev–Trinajstić information content (AvgIpc) is 2.67. The zero-order valence-electron chi connectivity index (χ0n) is 8.14. The number of hydrogen-bond donors (Lipinski definition) is 2. The molecule has 84 valence electrons. The number of aryl methyl sites for hydroxylation is 1. The number of hydrogen-bond acceptors (Lipinski definition) is 8. The number of anilines is 1. The molecule has 2 aromatic rings. The quantitative estimate of drug-likeness (QED) is 0.507. The van der Waals surface area contributed by atoms with Crippen molar-refractivity contribution < 1.29 is 0 Å². The molecule has 0 aliphatic rings. The molecule has 0 spiro atoms. The lowest BCUT2D eigenvalue weighted by molar-refractivity contribution is 1.01. The van der Waals surface area contributed by atoms with E-state index in [1.807, 2.05) is 6.92 Å². The summed E-state index contributed by atoms with van der Waals surface area (Å²) in [5.41, 5.74) is 2.48. The van der Waals surface area contributed by atoms with Crippen LogP contribution >= 0.6 is 39.2 Å². The molecule has 16 heavy (non-hydrogen) atoms. The van der Waals surface area contributed by atoms with Crippen LogP contribution in [0.4, 0.5) is 5.82 Å². The fraction of sp³-hybridized carbons (Fsp3) is 0.143. The number of nitrogens with one attached hydrogen (secondary N) is 1. The summed E-state index contributed by atoms with van der Waals surface area (Å²) in [5.74, 6) is 6.61. The Hall–Kier alpha value is -0.770. The van der Waals surface area contributed by atoms with E-state index in [0.29, 0.717) is 5.82 Å². The summed E-state index contributed by atoms with van der Waals surface area (Å²) >= 11 is 6.13. The van der Waals surface area contributed by atoms with E-state index in [1.54, 1.807) is 0 Å². The Morgan fingerprint density at radius 1 is 1.50 bits per heavy atom. The second-order valence-electron chi connectivity index (χ2n) is 2.70. The van der Waals surface area contributed by atoms with Crippen LogP contribution in [0.25, 0.3) is 0 Å². The van der Waals surface area contributed by atoms with Gasteiger partial charge in [0.25, 0.3) is 0 Å². The van der Waals surface area contributed by atoms with Crippen LogP contribution in [-0.2, 0) is 0 Å². The Morgan fingerprint density at radius 2 is 2.31 bits per heavy atom. The predicted molar refractivity (Wildman–Crippen MR) is 66.3 cm³/mol. The first-order chi connectivity index (χ1) is 7.70. The second kappa shape index (κ2) is 5.04. The van der Waals surface area contributed by atoms with Gasteiger partial charge in [0.15, 0.2) is 10.2 Å². The highest BCUT2D eigenvalue weighted by Crippen LogP contribution is 2.34. The molecule has 0 aromatic carbocycles. The van der Waals surface area contributed by atoms with Crippen molar-refractivity contribution in [2.24, 2.45) is 5.84 Å². The molecule has 9 heteroatoms. The number of rotatable bonds is 3. The Kier molecular flexibility index (Phi) is 3.69. The summed E-state index contributed by atoms with van der Waals surface area (Å²) in [5, 5.41) is 0.749. The first-order valence-electron chi connectivity index (χ1n) is 4.16. The van der Waals surface area contributed by atoms with Gasteiger partial charge in [-0.1, -0.05) is 0 Å². The van der Waals surface area contributed by atoms with Crippen molar-refractivity contribution in [1.29, 1.82) is 0 Å². The highest BCUT2D eigenvalue weighted by atomic mass is 79.9. The summed E-state index contributed by atoms with van der Waals surface area (Å²) < 4.78 is 5.65. The van der Waals surface area contributed by atoms with E-state index >= 15 is 0 Å². The highest BCUT2D eigenvalue weighted by molar-refractivity contribution is 9.10. The van der Waals surface area contributed by atoms with E-state index in [9.17, 15) is 0 Å². The molecule has 6 nitrogen and oxygen atoms in total. The lowest BCUT2D eigenvalue weighted by atomic mass is 10.6. The van der Waals surface area contributed by atoms with Crippen molar-refractivity contribution >= 4 is 45.0 Å². The molecule has 0 atom stereocenters. The largest absolute Gasteiger partial charge is 0.307 e. The molecule has 0 aliphatic carbocycles. The zero-order chi connectivity index (χ0) is 11.5. The van der Waals surface area contributed by atoms with E-state index in [4.69, 9.17) is 5.84 Å². The molecule has 0 saturated carbocycles. The number of nitrogens with two attached hydrogens (primary N) is 1. The van der Waals surface area contributed by atoms with Crippen molar-refractivity contribution in [3.63, 3.8) is 0 Å². The van der Waals surface area contributed by atoms with Gasteiger partial charge in [0.05, 0.1) is 4.47 Å². The van der Waals surface area contributed by atoms with Crippen LogP contribution in [0.5, 0.6) is 0 Å². The van der Waals surface area contributed by atoms with Gasteiger partial charge in [0.2, 0.25) is 0 Å². The molecular weight excluding hydrogens is 312 g/mol. The van der Waals surface area contributed by atoms with Crippen LogP contribution in [-0.4, -0.2) is 19.3 Å². The fourth-order valence-electron chi connectivity index (χ4n) is 0.928. The molecule has 2 heterocycles. The normalized spacial score (nSPS) is 10.4. The maximum absolute atomic E-state index is 5.31. The monoisotopic (exact) mass is 318 g/mol. The maximum atomic E-state index is 5.31. The van der Waals surface area contributed by atoms with Crippen molar-refractivity contribution in [2.75, 3.05) is 5.43 Å². The Morgan fingerprint density at radius 3 is 2.94 bits per heavy atom.